The van der Waals surface area contributed by atoms with Gasteiger partial charge in [0.1, 0.15) is 5.72 Å². The molecule has 35 heavy (non-hydrogen) atoms. The highest BCUT2D eigenvalue weighted by Crippen LogP contribution is 2.27. The maximum absolute atomic E-state index is 12.7. The van der Waals surface area contributed by atoms with Crippen LogP contribution in [0.25, 0.3) is 11.3 Å². The number of halogens is 1. The molecule has 3 rings (SSSR count). The number of benzene rings is 1. The molecular weight excluding hydrogens is 468 g/mol. The summed E-state index contributed by atoms with van der Waals surface area (Å²) in [6.07, 6.45) is 2.16. The van der Waals surface area contributed by atoms with Crippen molar-refractivity contribution in [1.82, 2.24) is 19.7 Å². The Labute approximate surface area is 213 Å². The molecule has 2 N–H and O–H groups in total. The summed E-state index contributed by atoms with van der Waals surface area (Å²) < 4.78 is 6.03. The van der Waals surface area contributed by atoms with Crippen molar-refractivity contribution in [3.05, 3.63) is 41.4 Å². The van der Waals surface area contributed by atoms with Crippen molar-refractivity contribution in [1.29, 1.82) is 0 Å². The van der Waals surface area contributed by atoms with Gasteiger partial charge in [-0.2, -0.15) is 0 Å². The van der Waals surface area contributed by atoms with E-state index in [1.54, 1.807) is 27.1 Å². The van der Waals surface area contributed by atoms with Crippen LogP contribution >= 0.6 is 11.6 Å². The highest BCUT2D eigenvalue weighted by atomic mass is 35.5. The molecule has 1 fully saturated rings. The van der Waals surface area contributed by atoms with Crippen molar-refractivity contribution >= 4 is 17.5 Å². The van der Waals surface area contributed by atoms with E-state index in [2.05, 4.69) is 21.7 Å². The van der Waals surface area contributed by atoms with Crippen LogP contribution in [0.3, 0.4) is 0 Å². The van der Waals surface area contributed by atoms with Gasteiger partial charge < -0.3 is 19.5 Å². The first-order valence-corrected chi connectivity index (χ1v) is 12.7. The van der Waals surface area contributed by atoms with Gasteiger partial charge in [0.25, 0.3) is 0 Å². The Balaban J connectivity index is 1.49. The zero-order valence-corrected chi connectivity index (χ0v) is 22.2. The van der Waals surface area contributed by atoms with E-state index >= 15 is 0 Å². The van der Waals surface area contributed by atoms with Gasteiger partial charge in [0.15, 0.2) is 5.76 Å². The second kappa shape index (κ2) is 11.8. The average Bonchev–Trinajstić information content (AvgIpc) is 3.32. The summed E-state index contributed by atoms with van der Waals surface area (Å²) in [4.78, 5) is 23.1. The Morgan fingerprint density at radius 3 is 2.43 bits per heavy atom. The quantitative estimate of drug-likeness (QED) is 0.475. The molecule has 3 atom stereocenters. The number of nitrogens with zero attached hydrogens (tertiary/aromatic N) is 4. The Kier molecular flexibility index (Phi) is 9.34. The highest BCUT2D eigenvalue weighted by molar-refractivity contribution is 6.30. The minimum atomic E-state index is -1.22. The van der Waals surface area contributed by atoms with Crippen LogP contribution in [0.4, 0.5) is 0 Å². The minimum absolute atomic E-state index is 0.0441. The predicted octanol–water partition coefficient (Wildman–Crippen LogP) is 3.64. The first-order valence-electron chi connectivity index (χ1n) is 12.4. The third kappa shape index (κ3) is 7.27. The van der Waals surface area contributed by atoms with E-state index in [9.17, 15) is 15.0 Å². The van der Waals surface area contributed by atoms with Gasteiger partial charge in [0.05, 0.1) is 18.3 Å². The van der Waals surface area contributed by atoms with Crippen LogP contribution in [0.5, 0.6) is 0 Å². The van der Waals surface area contributed by atoms with E-state index in [1.165, 1.54) is 4.90 Å². The largest absolute Gasteiger partial charge is 0.439 e. The van der Waals surface area contributed by atoms with Crippen LogP contribution in [0.2, 0.25) is 5.02 Å². The second-order valence-corrected chi connectivity index (χ2v) is 10.4. The second-order valence-electron chi connectivity index (χ2n) is 9.97. The smallest absolute Gasteiger partial charge is 0.227 e. The monoisotopic (exact) mass is 506 g/mol. The zero-order chi connectivity index (χ0) is 25.8. The van der Waals surface area contributed by atoms with Crippen molar-refractivity contribution in [3.63, 3.8) is 0 Å². The van der Waals surface area contributed by atoms with E-state index in [-0.39, 0.29) is 17.9 Å². The first-order chi connectivity index (χ1) is 16.5. The summed E-state index contributed by atoms with van der Waals surface area (Å²) in [5.41, 5.74) is -0.280. The number of aliphatic hydroxyl groups is 2. The Bertz CT molecular complexity index is 951. The molecule has 194 valence electrons. The van der Waals surface area contributed by atoms with Crippen LogP contribution in [0.1, 0.15) is 52.5 Å². The molecule has 0 radical (unpaired) electrons. The molecule has 2 heterocycles. The van der Waals surface area contributed by atoms with Gasteiger partial charge in [0.2, 0.25) is 11.8 Å². The van der Waals surface area contributed by atoms with Gasteiger partial charge in [0, 0.05) is 56.3 Å². The lowest BCUT2D eigenvalue weighted by Gasteiger charge is -2.38. The Hall–Kier alpha value is -1.97. The molecule has 1 saturated heterocycles. The number of oxazole rings is 1. The number of carbonyl (C=O) groups excluding carboxylic acids is 1. The molecule has 0 spiro atoms. The maximum atomic E-state index is 12.7. The normalized spacial score (nSPS) is 18.3. The number of β-amino-alcohol motifs (C(OH)–C–C–N with tert-alkyl or cyclic N) is 1. The predicted molar refractivity (Wildman–Crippen MR) is 137 cm³/mol. The van der Waals surface area contributed by atoms with Gasteiger partial charge >= 0.3 is 0 Å². The van der Waals surface area contributed by atoms with Crippen molar-refractivity contribution in [2.24, 2.45) is 5.92 Å². The maximum Gasteiger partial charge on any atom is 0.227 e. The van der Waals surface area contributed by atoms with Gasteiger partial charge in [-0.25, -0.2) is 4.98 Å². The fraction of sp³-hybridized carbons (Fsp3) is 0.615. The van der Waals surface area contributed by atoms with Gasteiger partial charge in [-0.15, -0.1) is 0 Å². The van der Waals surface area contributed by atoms with Crippen molar-refractivity contribution in [2.45, 2.75) is 58.4 Å². The molecule has 0 aliphatic carbocycles. The molecule has 9 heteroatoms. The number of aromatic nitrogens is 1. The SMILES string of the molecule is CCC(CC(O)CN1CCN(C(C)c2ncc(-c3ccc(Cl)cc3)o2)CC1)C(=O)N(C)C(C)(C)O. The van der Waals surface area contributed by atoms with Gasteiger partial charge in [-0.3, -0.25) is 14.6 Å². The Morgan fingerprint density at radius 1 is 1.23 bits per heavy atom. The lowest BCUT2D eigenvalue weighted by Crippen LogP contribution is -2.50. The average molecular weight is 507 g/mol. The van der Waals surface area contributed by atoms with Crippen molar-refractivity contribution in [3.8, 4) is 11.3 Å². The van der Waals surface area contributed by atoms with Gasteiger partial charge in [-0.1, -0.05) is 18.5 Å². The topological polar surface area (TPSA) is 93.3 Å². The molecule has 1 amide bonds. The number of amides is 1. The molecular formula is C26H39ClN4O4. The number of rotatable bonds is 10. The van der Waals surface area contributed by atoms with Gasteiger partial charge in [-0.05, 0) is 57.9 Å². The summed E-state index contributed by atoms with van der Waals surface area (Å²) in [5.74, 6) is 0.952. The van der Waals surface area contributed by atoms with Crippen LogP contribution in [-0.2, 0) is 4.79 Å². The first kappa shape index (κ1) is 27.6. The molecule has 1 aromatic heterocycles. The van der Waals surface area contributed by atoms with E-state index in [1.807, 2.05) is 31.2 Å². The number of piperazine rings is 1. The standard InChI is InChI=1S/C26H39ClN4O4/c1-6-19(25(33)29(5)26(3,4)34)15-22(32)17-30-11-13-31(14-12-30)18(2)24-28-16-23(35-24)20-7-9-21(27)10-8-20/h7-10,16,18-19,22,32,34H,6,11-15,17H2,1-5H3. The van der Waals surface area contributed by atoms with E-state index < -0.39 is 11.8 Å². The number of hydrogen-bond acceptors (Lipinski definition) is 7. The van der Waals surface area contributed by atoms with Crippen molar-refractivity contribution in [2.75, 3.05) is 39.8 Å². The number of carbonyl (C=O) groups is 1. The van der Waals surface area contributed by atoms with E-state index in [0.29, 0.717) is 30.3 Å². The Morgan fingerprint density at radius 2 is 1.86 bits per heavy atom. The molecule has 0 bridgehead atoms. The third-order valence-electron chi connectivity index (χ3n) is 6.98. The third-order valence-corrected chi connectivity index (χ3v) is 7.24. The lowest BCUT2D eigenvalue weighted by molar-refractivity contribution is -0.154. The number of hydrogen-bond donors (Lipinski definition) is 2. The molecule has 2 aromatic rings. The lowest BCUT2D eigenvalue weighted by atomic mass is 9.96. The summed E-state index contributed by atoms with van der Waals surface area (Å²) in [6.45, 7) is 11.1. The van der Waals surface area contributed by atoms with Crippen LogP contribution in [0.15, 0.2) is 34.9 Å². The minimum Gasteiger partial charge on any atom is -0.439 e. The van der Waals surface area contributed by atoms with Crippen LogP contribution < -0.4 is 0 Å². The molecule has 8 nitrogen and oxygen atoms in total. The summed E-state index contributed by atoms with van der Waals surface area (Å²) in [6, 6.07) is 7.55. The molecule has 1 aromatic carbocycles. The summed E-state index contributed by atoms with van der Waals surface area (Å²) in [5, 5.41) is 21.5. The summed E-state index contributed by atoms with van der Waals surface area (Å²) >= 11 is 5.98. The van der Waals surface area contributed by atoms with E-state index in [4.69, 9.17) is 16.0 Å². The summed E-state index contributed by atoms with van der Waals surface area (Å²) in [7, 11) is 1.60. The molecule has 1 aliphatic heterocycles. The molecule has 1 aliphatic rings. The fourth-order valence-corrected chi connectivity index (χ4v) is 4.53. The highest BCUT2D eigenvalue weighted by Gasteiger charge is 2.32. The van der Waals surface area contributed by atoms with Crippen molar-refractivity contribution < 1.29 is 19.4 Å². The van der Waals surface area contributed by atoms with Crippen LogP contribution in [0, 0.1) is 5.92 Å². The fourth-order valence-electron chi connectivity index (χ4n) is 4.40. The van der Waals surface area contributed by atoms with E-state index in [0.717, 1.165) is 37.5 Å². The van der Waals surface area contributed by atoms with Crippen LogP contribution in [-0.4, -0.2) is 87.4 Å². The molecule has 3 unspecified atom stereocenters. The molecule has 0 saturated carbocycles. The zero-order valence-electron chi connectivity index (χ0n) is 21.4. The number of aliphatic hydroxyl groups excluding tert-OH is 1.